The van der Waals surface area contributed by atoms with Crippen molar-refractivity contribution in [2.75, 3.05) is 6.61 Å². The minimum atomic E-state index is -0.702. The maximum absolute atomic E-state index is 12.8. The maximum atomic E-state index is 12.8. The Hall–Kier alpha value is -2.42. The van der Waals surface area contributed by atoms with Crippen LogP contribution in [0.4, 0.5) is 0 Å². The van der Waals surface area contributed by atoms with Crippen molar-refractivity contribution in [1.82, 2.24) is 0 Å². The first-order valence-corrected chi connectivity index (χ1v) is 16.6. The van der Waals surface area contributed by atoms with Crippen molar-refractivity contribution < 1.29 is 43.2 Å². The lowest BCUT2D eigenvalue weighted by Gasteiger charge is -2.62. The largest absolute Gasteiger partial charge is 0.465 e. The Bertz CT molecular complexity index is 1130. The highest BCUT2D eigenvalue weighted by atomic mass is 16.6. The monoisotopic (exact) mass is 618 g/mol. The molecule has 0 aliphatic heterocycles. The Morgan fingerprint density at radius 3 is 2.09 bits per heavy atom. The van der Waals surface area contributed by atoms with Crippen LogP contribution < -0.4 is 0 Å². The molecule has 11 unspecified atom stereocenters. The molecule has 0 bridgehead atoms. The summed E-state index contributed by atoms with van der Waals surface area (Å²) in [4.78, 5) is 50.0. The fraction of sp³-hybridized carbons (Fsp3) is 0.829. The zero-order valence-electron chi connectivity index (χ0n) is 27.9. The van der Waals surface area contributed by atoms with Gasteiger partial charge < -0.3 is 24.1 Å². The summed E-state index contributed by atoms with van der Waals surface area (Å²) in [6, 6.07) is 0. The Balaban J connectivity index is 1.88. The van der Waals surface area contributed by atoms with Crippen LogP contribution in [0.15, 0.2) is 11.6 Å². The summed E-state index contributed by atoms with van der Waals surface area (Å²) in [5, 5.41) is 10.8. The zero-order chi connectivity index (χ0) is 32.6. The second-order valence-electron chi connectivity index (χ2n) is 14.7. The van der Waals surface area contributed by atoms with Gasteiger partial charge in [0.15, 0.2) is 0 Å². The minimum Gasteiger partial charge on any atom is -0.465 e. The molecule has 4 aliphatic carbocycles. The van der Waals surface area contributed by atoms with E-state index >= 15 is 0 Å². The fourth-order valence-corrected chi connectivity index (χ4v) is 9.91. The average Bonchev–Trinajstić information content (AvgIpc) is 3.29. The van der Waals surface area contributed by atoms with Crippen molar-refractivity contribution in [2.24, 2.45) is 46.3 Å². The summed E-state index contributed by atoms with van der Waals surface area (Å²) in [6.45, 7) is 14.5. The molecule has 4 rings (SSSR count). The van der Waals surface area contributed by atoms with Gasteiger partial charge in [0, 0.05) is 50.9 Å². The topological polar surface area (TPSA) is 125 Å². The molecule has 3 saturated carbocycles. The van der Waals surface area contributed by atoms with Gasteiger partial charge in [-0.15, -0.1) is 0 Å². The zero-order valence-corrected chi connectivity index (χ0v) is 27.9. The van der Waals surface area contributed by atoms with Crippen molar-refractivity contribution in [3.63, 3.8) is 0 Å². The summed E-state index contributed by atoms with van der Waals surface area (Å²) in [6.07, 6.45) is 5.60. The number of esters is 4. The van der Waals surface area contributed by atoms with Gasteiger partial charge >= 0.3 is 23.9 Å². The number of hydrogen-bond acceptors (Lipinski definition) is 9. The van der Waals surface area contributed by atoms with E-state index in [1.807, 2.05) is 6.08 Å². The molecule has 0 saturated heterocycles. The predicted molar refractivity (Wildman–Crippen MR) is 163 cm³/mol. The van der Waals surface area contributed by atoms with Crippen molar-refractivity contribution in [3.05, 3.63) is 11.6 Å². The van der Waals surface area contributed by atoms with Gasteiger partial charge in [-0.1, -0.05) is 52.5 Å². The molecule has 44 heavy (non-hydrogen) atoms. The lowest BCUT2D eigenvalue weighted by molar-refractivity contribution is -0.219. The molecular weight excluding hydrogens is 564 g/mol. The number of carbonyl (C=O) groups excluding carboxylic acids is 4. The molecule has 0 aromatic rings. The van der Waals surface area contributed by atoms with Gasteiger partial charge in [0.1, 0.15) is 24.9 Å². The van der Waals surface area contributed by atoms with E-state index in [1.165, 1.54) is 27.7 Å². The standard InChI is InChI=1S/C35H54O9/c1-19(2)10-9-11-20(3)27-12-13-28-33-29(17-32(44-24(7)39)35(27,28)18-41-21(4)36)34(8)25(15-30(33)42-22(5)37)14-26(40)16-31(34)43-23(6)38/h15,19-20,26-33,40H,9-14,16-18H2,1-8H3. The van der Waals surface area contributed by atoms with Gasteiger partial charge in [-0.25, -0.2) is 0 Å². The van der Waals surface area contributed by atoms with Crippen LogP contribution in [-0.4, -0.2) is 60.0 Å². The number of ether oxygens (including phenoxy) is 4. The van der Waals surface area contributed by atoms with Crippen LogP contribution in [0.25, 0.3) is 0 Å². The van der Waals surface area contributed by atoms with Gasteiger partial charge in [0.2, 0.25) is 0 Å². The predicted octanol–water partition coefficient (Wildman–Crippen LogP) is 5.56. The summed E-state index contributed by atoms with van der Waals surface area (Å²) >= 11 is 0. The van der Waals surface area contributed by atoms with Crippen LogP contribution in [0.5, 0.6) is 0 Å². The molecule has 9 nitrogen and oxygen atoms in total. The van der Waals surface area contributed by atoms with Crippen molar-refractivity contribution in [3.8, 4) is 0 Å². The second kappa shape index (κ2) is 13.5. The normalized spacial score (nSPS) is 38.4. The maximum Gasteiger partial charge on any atom is 0.303 e. The first-order chi connectivity index (χ1) is 20.6. The highest BCUT2D eigenvalue weighted by molar-refractivity contribution is 5.68. The molecule has 0 aromatic heterocycles. The molecule has 3 fully saturated rings. The highest BCUT2D eigenvalue weighted by Crippen LogP contribution is 2.68. The number of aliphatic hydroxyl groups is 1. The number of rotatable bonds is 10. The van der Waals surface area contributed by atoms with E-state index in [2.05, 4.69) is 27.7 Å². The molecule has 0 aromatic carbocycles. The second-order valence-corrected chi connectivity index (χ2v) is 14.7. The number of aliphatic hydroxyl groups excluding tert-OH is 1. The van der Waals surface area contributed by atoms with Gasteiger partial charge in [-0.3, -0.25) is 19.2 Å². The smallest absolute Gasteiger partial charge is 0.303 e. The van der Waals surface area contributed by atoms with E-state index in [0.29, 0.717) is 31.1 Å². The summed E-state index contributed by atoms with van der Waals surface area (Å²) in [7, 11) is 0. The summed E-state index contributed by atoms with van der Waals surface area (Å²) in [5.41, 5.74) is -0.430. The Morgan fingerprint density at radius 1 is 0.864 bits per heavy atom. The van der Waals surface area contributed by atoms with Crippen LogP contribution >= 0.6 is 0 Å². The average molecular weight is 619 g/mol. The third-order valence-corrected chi connectivity index (χ3v) is 11.6. The van der Waals surface area contributed by atoms with Gasteiger partial charge in [0.05, 0.1) is 6.10 Å². The quantitative estimate of drug-likeness (QED) is 0.190. The SMILES string of the molecule is CC(=O)OCC12C(OC(C)=O)CC3C(C(OC(C)=O)C=C4CC(O)CC(OC(C)=O)C43C)C1CCC2C(C)CCCC(C)C. The van der Waals surface area contributed by atoms with E-state index in [1.54, 1.807) is 0 Å². The molecule has 0 radical (unpaired) electrons. The molecular formula is C35H54O9. The third-order valence-electron chi connectivity index (χ3n) is 11.6. The van der Waals surface area contributed by atoms with E-state index in [-0.39, 0.29) is 36.2 Å². The van der Waals surface area contributed by atoms with Gasteiger partial charge in [-0.05, 0) is 61.3 Å². The van der Waals surface area contributed by atoms with Crippen LogP contribution in [0, 0.1) is 46.3 Å². The van der Waals surface area contributed by atoms with Crippen molar-refractivity contribution >= 4 is 23.9 Å². The molecule has 0 amide bonds. The van der Waals surface area contributed by atoms with Crippen LogP contribution in [-0.2, 0) is 38.1 Å². The lowest BCUT2D eigenvalue weighted by Crippen LogP contribution is -2.65. The number of hydrogen-bond donors (Lipinski definition) is 1. The Kier molecular flexibility index (Phi) is 10.6. The van der Waals surface area contributed by atoms with E-state index in [9.17, 15) is 24.3 Å². The molecule has 248 valence electrons. The molecule has 11 atom stereocenters. The van der Waals surface area contributed by atoms with Crippen LogP contribution in [0.3, 0.4) is 0 Å². The highest BCUT2D eigenvalue weighted by Gasteiger charge is 2.70. The molecule has 0 spiro atoms. The van der Waals surface area contributed by atoms with E-state index < -0.39 is 53.2 Å². The molecule has 4 aliphatic rings. The van der Waals surface area contributed by atoms with Crippen molar-refractivity contribution in [2.45, 2.75) is 131 Å². The molecule has 0 heterocycles. The first kappa shape index (κ1) is 34.5. The van der Waals surface area contributed by atoms with E-state index in [4.69, 9.17) is 18.9 Å². The Morgan fingerprint density at radius 2 is 1.50 bits per heavy atom. The summed E-state index contributed by atoms with van der Waals surface area (Å²) in [5.74, 6) is -1.03. The third kappa shape index (κ3) is 6.59. The number of fused-ring (bicyclic) bond motifs is 5. The number of carbonyl (C=O) groups is 4. The van der Waals surface area contributed by atoms with Crippen LogP contribution in [0.1, 0.15) is 107 Å². The lowest BCUT2D eigenvalue weighted by atomic mass is 9.44. The fourth-order valence-electron chi connectivity index (χ4n) is 9.91. The van der Waals surface area contributed by atoms with Crippen LogP contribution in [0.2, 0.25) is 0 Å². The Labute approximate surface area is 262 Å². The summed E-state index contributed by atoms with van der Waals surface area (Å²) < 4.78 is 24.2. The minimum absolute atomic E-state index is 0.0914. The van der Waals surface area contributed by atoms with Crippen molar-refractivity contribution in [1.29, 1.82) is 0 Å². The molecule has 1 N–H and O–H groups in total. The van der Waals surface area contributed by atoms with Gasteiger partial charge in [-0.2, -0.15) is 0 Å². The van der Waals surface area contributed by atoms with E-state index in [0.717, 1.165) is 37.7 Å². The molecule has 9 heteroatoms. The van der Waals surface area contributed by atoms with Gasteiger partial charge in [0.25, 0.3) is 0 Å². The first-order valence-electron chi connectivity index (χ1n) is 16.6.